The second-order valence-electron chi connectivity index (χ2n) is 3.47. The van der Waals surface area contributed by atoms with Gasteiger partial charge in [0.15, 0.2) is 0 Å². The van der Waals surface area contributed by atoms with Gasteiger partial charge in [-0.1, -0.05) is 0 Å². The summed E-state index contributed by atoms with van der Waals surface area (Å²) in [5.41, 5.74) is 5.88. The fraction of sp³-hybridized carbons (Fsp3) is 0.750. The first-order valence-corrected chi connectivity index (χ1v) is 4.39. The summed E-state index contributed by atoms with van der Waals surface area (Å²) in [5, 5.41) is 8.10. The van der Waals surface area contributed by atoms with E-state index in [1.165, 1.54) is 0 Å². The topological polar surface area (TPSA) is 66.0 Å². The normalized spacial score (nSPS) is 28.2. The van der Waals surface area contributed by atoms with Crippen LogP contribution in [0.4, 0.5) is 0 Å². The van der Waals surface area contributed by atoms with E-state index in [4.69, 9.17) is 10.5 Å². The van der Waals surface area contributed by atoms with E-state index in [1.807, 2.05) is 18.5 Å². The Bertz CT molecular complexity index is 309. The smallest absolute Gasteiger partial charge is 0.139 e. The van der Waals surface area contributed by atoms with Crippen LogP contribution in [0.5, 0.6) is 0 Å². The molecule has 0 radical (unpaired) electrons. The maximum absolute atomic E-state index is 5.88. The Morgan fingerprint density at radius 1 is 1.46 bits per heavy atom. The second kappa shape index (κ2) is 3.08. The summed E-state index contributed by atoms with van der Waals surface area (Å²) >= 11 is 0. The third-order valence-corrected chi connectivity index (χ3v) is 2.58. The average molecular weight is 182 g/mol. The van der Waals surface area contributed by atoms with Crippen LogP contribution in [0.1, 0.15) is 17.6 Å². The molecule has 1 aromatic rings. The molecule has 5 heteroatoms. The summed E-state index contributed by atoms with van der Waals surface area (Å²) in [6.45, 7) is 3.21. The molecule has 1 aliphatic rings. The molecule has 0 saturated carbocycles. The molecule has 2 N–H and O–H groups in total. The fourth-order valence-corrected chi connectivity index (χ4v) is 1.58. The van der Waals surface area contributed by atoms with Crippen molar-refractivity contribution in [2.45, 2.75) is 18.9 Å². The summed E-state index contributed by atoms with van der Waals surface area (Å²) in [5.74, 6) is 2.04. The minimum Gasteiger partial charge on any atom is -0.379 e. The molecule has 72 valence electrons. The first-order chi connectivity index (χ1) is 6.20. The van der Waals surface area contributed by atoms with Gasteiger partial charge < -0.3 is 15.0 Å². The Labute approximate surface area is 76.9 Å². The van der Waals surface area contributed by atoms with Gasteiger partial charge in [0.05, 0.1) is 19.1 Å². The molecule has 2 atom stereocenters. The Morgan fingerprint density at radius 3 is 2.69 bits per heavy atom. The Kier molecular flexibility index (Phi) is 2.05. The van der Waals surface area contributed by atoms with E-state index in [2.05, 4.69) is 10.2 Å². The first-order valence-electron chi connectivity index (χ1n) is 4.39. The molecule has 1 fully saturated rings. The van der Waals surface area contributed by atoms with Gasteiger partial charge in [-0.2, -0.15) is 0 Å². The van der Waals surface area contributed by atoms with Crippen LogP contribution in [0.25, 0.3) is 0 Å². The van der Waals surface area contributed by atoms with E-state index in [0.717, 1.165) is 11.6 Å². The number of nitrogens with zero attached hydrogens (tertiary/aromatic N) is 3. The fourth-order valence-electron chi connectivity index (χ4n) is 1.58. The van der Waals surface area contributed by atoms with E-state index in [1.54, 1.807) is 0 Å². The predicted octanol–water partition coefficient (Wildman–Crippen LogP) is -0.435. The van der Waals surface area contributed by atoms with Crippen molar-refractivity contribution in [1.29, 1.82) is 0 Å². The van der Waals surface area contributed by atoms with Crippen LogP contribution in [-0.2, 0) is 11.8 Å². The summed E-state index contributed by atoms with van der Waals surface area (Å²) in [6, 6.07) is 0.0577. The average Bonchev–Trinajstić information content (AvgIpc) is 2.62. The number of nitrogens with two attached hydrogens (primary N) is 1. The second-order valence-corrected chi connectivity index (χ2v) is 3.47. The lowest BCUT2D eigenvalue weighted by atomic mass is 10.0. The lowest BCUT2D eigenvalue weighted by molar-refractivity contribution is 0.190. The van der Waals surface area contributed by atoms with Gasteiger partial charge in [-0.25, -0.2) is 0 Å². The van der Waals surface area contributed by atoms with Crippen molar-refractivity contribution in [3.63, 3.8) is 0 Å². The quantitative estimate of drug-likeness (QED) is 0.639. The van der Waals surface area contributed by atoms with Crippen LogP contribution in [0.3, 0.4) is 0 Å². The van der Waals surface area contributed by atoms with E-state index in [-0.39, 0.29) is 12.0 Å². The third-order valence-electron chi connectivity index (χ3n) is 2.58. The number of aryl methyl sites for hydroxylation is 1. The molecule has 0 bridgehead atoms. The lowest BCUT2D eigenvalue weighted by Gasteiger charge is -2.11. The molecule has 2 rings (SSSR count). The number of hydrogen-bond donors (Lipinski definition) is 1. The molecule has 0 amide bonds. The van der Waals surface area contributed by atoms with Crippen LogP contribution in [0, 0.1) is 6.92 Å². The highest BCUT2D eigenvalue weighted by Crippen LogP contribution is 2.22. The standard InChI is InChI=1S/C8H14N4O/c1-5-10-11-8(12(5)2)6-3-13-4-7(6)9/h6-7H,3-4,9H2,1-2H3. The first kappa shape index (κ1) is 8.65. The zero-order valence-corrected chi connectivity index (χ0v) is 7.90. The maximum Gasteiger partial charge on any atom is 0.139 e. The van der Waals surface area contributed by atoms with Crippen molar-refractivity contribution >= 4 is 0 Å². The van der Waals surface area contributed by atoms with Gasteiger partial charge in [0.2, 0.25) is 0 Å². The lowest BCUT2D eigenvalue weighted by Crippen LogP contribution is -2.28. The van der Waals surface area contributed by atoms with Crippen molar-refractivity contribution in [3.05, 3.63) is 11.6 Å². The molecule has 2 unspecified atom stereocenters. The van der Waals surface area contributed by atoms with Crippen molar-refractivity contribution in [2.75, 3.05) is 13.2 Å². The molecule has 1 aliphatic heterocycles. The van der Waals surface area contributed by atoms with Gasteiger partial charge in [0, 0.05) is 13.1 Å². The van der Waals surface area contributed by atoms with Gasteiger partial charge in [-0.3, -0.25) is 0 Å². The minimum absolute atomic E-state index is 0.0577. The third kappa shape index (κ3) is 1.34. The van der Waals surface area contributed by atoms with E-state index >= 15 is 0 Å². The molecular formula is C8H14N4O. The maximum atomic E-state index is 5.88. The molecule has 0 spiro atoms. The van der Waals surface area contributed by atoms with Crippen molar-refractivity contribution in [3.8, 4) is 0 Å². The molecule has 2 heterocycles. The highest BCUT2D eigenvalue weighted by molar-refractivity contribution is 5.06. The number of ether oxygens (including phenoxy) is 1. The highest BCUT2D eigenvalue weighted by atomic mass is 16.5. The van der Waals surface area contributed by atoms with Crippen LogP contribution in [0.2, 0.25) is 0 Å². The zero-order valence-electron chi connectivity index (χ0n) is 7.90. The minimum atomic E-state index is 0.0577. The van der Waals surface area contributed by atoms with E-state index < -0.39 is 0 Å². The monoisotopic (exact) mass is 182 g/mol. The van der Waals surface area contributed by atoms with Crippen LogP contribution >= 0.6 is 0 Å². The summed E-state index contributed by atoms with van der Waals surface area (Å²) in [4.78, 5) is 0. The largest absolute Gasteiger partial charge is 0.379 e. The van der Waals surface area contributed by atoms with Crippen molar-refractivity contribution in [1.82, 2.24) is 14.8 Å². The Hall–Kier alpha value is -0.940. The molecule has 0 aliphatic carbocycles. The summed E-state index contributed by atoms with van der Waals surface area (Å²) < 4.78 is 7.25. The molecule has 1 saturated heterocycles. The van der Waals surface area contributed by atoms with Crippen LogP contribution in [-0.4, -0.2) is 34.0 Å². The van der Waals surface area contributed by atoms with Gasteiger partial charge in [0.1, 0.15) is 11.6 Å². The van der Waals surface area contributed by atoms with Gasteiger partial charge >= 0.3 is 0 Å². The molecule has 1 aromatic heterocycles. The number of aromatic nitrogens is 3. The van der Waals surface area contributed by atoms with Crippen molar-refractivity contribution in [2.24, 2.45) is 12.8 Å². The van der Waals surface area contributed by atoms with Gasteiger partial charge in [0.25, 0.3) is 0 Å². The highest BCUT2D eigenvalue weighted by Gasteiger charge is 2.30. The Morgan fingerprint density at radius 2 is 2.23 bits per heavy atom. The summed E-state index contributed by atoms with van der Waals surface area (Å²) in [6.07, 6.45) is 0. The zero-order chi connectivity index (χ0) is 9.42. The van der Waals surface area contributed by atoms with Crippen LogP contribution < -0.4 is 5.73 Å². The molecule has 0 aromatic carbocycles. The molecular weight excluding hydrogens is 168 g/mol. The van der Waals surface area contributed by atoms with Crippen molar-refractivity contribution < 1.29 is 4.74 Å². The van der Waals surface area contributed by atoms with Gasteiger partial charge in [-0.15, -0.1) is 10.2 Å². The molecule has 13 heavy (non-hydrogen) atoms. The van der Waals surface area contributed by atoms with E-state index in [0.29, 0.717) is 13.2 Å². The molecule has 5 nitrogen and oxygen atoms in total. The summed E-state index contributed by atoms with van der Waals surface area (Å²) in [7, 11) is 1.95. The number of rotatable bonds is 1. The van der Waals surface area contributed by atoms with Crippen LogP contribution in [0.15, 0.2) is 0 Å². The number of hydrogen-bond acceptors (Lipinski definition) is 4. The Balaban J connectivity index is 2.29. The predicted molar refractivity (Wildman–Crippen MR) is 47.3 cm³/mol. The van der Waals surface area contributed by atoms with E-state index in [9.17, 15) is 0 Å². The SMILES string of the molecule is Cc1nnc(C2COCC2N)n1C. The van der Waals surface area contributed by atoms with Gasteiger partial charge in [-0.05, 0) is 6.92 Å².